The highest BCUT2D eigenvalue weighted by Gasteiger charge is 2.27. The number of aliphatic hydroxyl groups excluding tert-OH is 7. The third-order valence-corrected chi connectivity index (χ3v) is 26.8. The monoisotopic (exact) mass is 2000 g/mol. The number of carboxylic acids is 1. The van der Waals surface area contributed by atoms with Gasteiger partial charge in [-0.05, 0) is 246 Å². The van der Waals surface area contributed by atoms with E-state index in [0.29, 0.717) is 71.9 Å². The molecule has 4 heterocycles. The second-order valence-electron chi connectivity index (χ2n) is 39.4. The van der Waals surface area contributed by atoms with Crippen molar-refractivity contribution >= 4 is 46.4 Å². The van der Waals surface area contributed by atoms with E-state index in [2.05, 4.69) is 167 Å². The van der Waals surface area contributed by atoms with Crippen molar-refractivity contribution in [1.29, 1.82) is 0 Å². The maximum absolute atomic E-state index is 12.2. The molecule has 11 unspecified atom stereocenters. The number of amides is 2. The van der Waals surface area contributed by atoms with Gasteiger partial charge in [0, 0.05) is 135 Å². The Bertz CT molecular complexity index is 4600. The van der Waals surface area contributed by atoms with Crippen LogP contribution in [0.3, 0.4) is 0 Å². The van der Waals surface area contributed by atoms with Gasteiger partial charge in [-0.25, -0.2) is 0 Å². The molecule has 0 aliphatic heterocycles. The smallest absolute Gasteiger partial charge is 0.323 e. The third-order valence-electron chi connectivity index (χ3n) is 26.8. The van der Waals surface area contributed by atoms with E-state index in [4.69, 9.17) is 5.11 Å². The Labute approximate surface area is 859 Å². The maximum atomic E-state index is 12.2. The predicted octanol–water partition coefficient (Wildman–Crippen LogP) is 17.3. The highest BCUT2D eigenvalue weighted by Crippen LogP contribution is 2.38. The van der Waals surface area contributed by atoms with Crippen molar-refractivity contribution in [2.45, 2.75) is 392 Å². The van der Waals surface area contributed by atoms with Crippen molar-refractivity contribution in [3.63, 3.8) is 0 Å². The van der Waals surface area contributed by atoms with Crippen LogP contribution in [-0.2, 0) is 38.8 Å². The molecule has 0 aromatic carbocycles. The fourth-order valence-corrected chi connectivity index (χ4v) is 17.5. The van der Waals surface area contributed by atoms with Gasteiger partial charge in [-0.15, -0.1) is 26.3 Å². The van der Waals surface area contributed by atoms with Crippen LogP contribution in [0.5, 0.6) is 0 Å². The molecule has 20 N–H and O–H groups in total. The summed E-state index contributed by atoms with van der Waals surface area (Å²) in [6, 6.07) is -0.292. The molecule has 26 heteroatoms. The molecule has 0 saturated heterocycles. The molecule has 0 radical (unpaired) electrons. The van der Waals surface area contributed by atoms with E-state index in [9.17, 15) is 80.5 Å². The zero-order chi connectivity index (χ0) is 108. The number of unbranched alkanes of at least 4 members (excludes halogenated alkanes) is 12. The molecular weight excluding hydrogens is 1800 g/mol. The Hall–Kier alpha value is -8.78. The number of aromatic nitrogens is 4. The molecule has 0 fully saturated rings. The number of aliphatic carboxylic acids is 1. The largest absolute Gasteiger partial charge is 0.828 e. The van der Waals surface area contributed by atoms with Gasteiger partial charge in [0.25, 0.3) is 6.17 Å². The molecule has 4 aromatic rings. The van der Waals surface area contributed by atoms with Crippen LogP contribution < -0.4 is 42.7 Å². The predicted molar refractivity (Wildman–Crippen MR) is 577 cm³/mol. The maximum Gasteiger partial charge on any atom is 0.323 e. The summed E-state index contributed by atoms with van der Waals surface area (Å²) in [7, 11) is 1.41. The summed E-state index contributed by atoms with van der Waals surface area (Å²) in [5.41, 5.74) is 22.0. The fraction of sp³-hybridized carbons (Fsp3) is 0.607. The quantitative estimate of drug-likeness (QED) is 0.00487. The van der Waals surface area contributed by atoms with Crippen molar-refractivity contribution in [3.8, 4) is 0 Å². The summed E-state index contributed by atoms with van der Waals surface area (Å²) in [5.74, 6) is -0.828. The van der Waals surface area contributed by atoms with Crippen LogP contribution in [0.15, 0.2) is 182 Å². The van der Waals surface area contributed by atoms with Gasteiger partial charge >= 0.3 is 17.8 Å². The zero-order valence-electron chi connectivity index (χ0n) is 90.9. The molecular formula is C117H193N9O17. The number of aliphatic hydroxyl groups is 9. The summed E-state index contributed by atoms with van der Waals surface area (Å²) in [6.07, 6.45) is 62.1. The molecule has 0 aliphatic rings. The lowest BCUT2D eigenvalue weighted by Gasteiger charge is -2.21. The number of allylic oxidation sites excluding steroid dienone is 19. The molecule has 0 spiro atoms. The van der Waals surface area contributed by atoms with Crippen molar-refractivity contribution in [3.05, 3.63) is 226 Å². The highest BCUT2D eigenvalue weighted by molar-refractivity contribution is 6.35. The van der Waals surface area contributed by atoms with Crippen molar-refractivity contribution < 1.29 is 102 Å². The number of likely N-dealkylation sites (N-methyl/N-ethyl adjacent to an activating group) is 1. The van der Waals surface area contributed by atoms with Crippen LogP contribution in [-0.4, -0.2) is 145 Å². The zero-order valence-corrected chi connectivity index (χ0v) is 90.9. The molecule has 0 aliphatic carbocycles. The molecule has 0 bridgehead atoms. The van der Waals surface area contributed by atoms with Gasteiger partial charge in [-0.1, -0.05) is 245 Å². The minimum atomic E-state index is -2.08. The topological polar surface area (TPSA) is 455 Å². The number of carboxylic acid groups (broad SMARTS) is 1. The number of carbonyl (C=O) groups excluding carboxylic acids is 3. The Kier molecular flexibility index (Phi) is 71.0. The first-order valence-corrected chi connectivity index (χ1v) is 53.2. The van der Waals surface area contributed by atoms with Gasteiger partial charge in [0.2, 0.25) is 0 Å². The minimum Gasteiger partial charge on any atom is -0.828 e. The van der Waals surface area contributed by atoms with Crippen LogP contribution in [0.1, 0.15) is 398 Å². The Morgan fingerprint density at radius 1 is 0.566 bits per heavy atom. The summed E-state index contributed by atoms with van der Waals surface area (Å²) in [4.78, 5) is 46.6. The third kappa shape index (κ3) is 53.4. The van der Waals surface area contributed by atoms with Crippen molar-refractivity contribution in [2.24, 2.45) is 35.5 Å². The van der Waals surface area contributed by atoms with E-state index in [-0.39, 0.29) is 77.5 Å². The second-order valence-corrected chi connectivity index (χ2v) is 39.4. The number of quaternary nitrogens is 3. The van der Waals surface area contributed by atoms with E-state index in [1.54, 1.807) is 49.3 Å². The van der Waals surface area contributed by atoms with Crippen LogP contribution in [0.4, 0.5) is 0 Å². The number of rotatable bonds is 71. The Balaban J connectivity index is 0.000000955. The standard InChI is InChI=1S/C31H55N4O3.C30H48N3O4.C29H49NO5.C27H38NO5/c1-6-9-13-25(7-2)14-11-10-12-23(4)15-16-26(8-3)27(17-18-34-30(33)19-32)28-21-35(20-24(5)36)22-29(28)31(37)38;1-7-9-11-12-14-23(5)18-25(22(3)4)19-24(15-16-32-29(35)28(34)31-6)26-20-33(17-13-10-8-2)21-27(26)30(36)37;1-6-9-10-11-12-13-22(5)14-15-23(8-3)17-25(28(32)33)26-18-30(19-27(26)29(34)35)24(20-31)16-21(4)7-2;1-6-19(3)12-10-8-9-11-13-20(4)14-22(7-2)21(5)25(18-29)23-15-28(17-26(30)31)16-24(23)27(32)33/h6,15,21-22,24-25,30-31,34,36-37H,1,7-14,16-20,32-33H2,2-5H3;8,18-22,25,30,36H,2,7,9-17H2,1,3-6H3,(H,31,34)(H,32,35);7,14,17-19,23-24,28-29,31-35H,6,8-13,15-16,20H2,1-5H3;6-7,14-16,18-19,22,27,32H,1-2,8-13,17H2,3-5H3,(H,30,31)/q2*-1;;-1/p+3/b23-15+,27-26-;23-18+,24-19-;21-7+,22-14+,25-17+;20-14+,25-21-. The van der Waals surface area contributed by atoms with Crippen molar-refractivity contribution in [2.75, 3.05) is 33.3 Å². The fourth-order valence-electron chi connectivity index (χ4n) is 17.5. The number of nitrogens with one attached hydrogen (secondary N) is 2. The molecule has 11 atom stereocenters. The first kappa shape index (κ1) is 132. The first-order valence-electron chi connectivity index (χ1n) is 53.2. The van der Waals surface area contributed by atoms with E-state index in [1.165, 1.54) is 161 Å². The SMILES string of the molecule is C/C=C(\C)CC(CO)n1cc(/C(=C\C(CC)C/C=C(\C)CCCCCCC)C(O)O)c(C(O)O)c1.C=CC(C)CCCCCC/C(C)=C/C(C=C)/C(C)=C(/C=O)c1cn(CC(=O)O)cc1C([O-])O.C=CCCC(CC)CCCC/C(C)=C/C/C(CC)=C(/CC[NH2+]C([NH3+])C[NH3+])c1cn(CC(C)O)cc1C([O-])O.C=CCCCn1cc(/C(=C\C(/C=C(\C)CCCCCC)C(C)C)CCNC(=O)C(=O)NC)c(C([O-])O)c1. The second kappa shape index (κ2) is 76.7. The van der Waals surface area contributed by atoms with E-state index >= 15 is 0 Å². The van der Waals surface area contributed by atoms with E-state index < -0.39 is 55.3 Å². The molecule has 26 nitrogen and oxygen atoms in total. The summed E-state index contributed by atoms with van der Waals surface area (Å²) in [6.45, 7) is 51.2. The normalized spacial score (nSPS) is 15.2. The van der Waals surface area contributed by atoms with Gasteiger partial charge in [0.05, 0.1) is 25.3 Å². The molecule has 2 amide bonds. The minimum absolute atomic E-state index is 0.0213. The summed E-state index contributed by atoms with van der Waals surface area (Å²) in [5, 5.41) is 142. The lowest BCUT2D eigenvalue weighted by atomic mass is 9.88. The van der Waals surface area contributed by atoms with Gasteiger partial charge in [0.15, 0.2) is 25.4 Å². The van der Waals surface area contributed by atoms with Crippen LogP contribution in [0.2, 0.25) is 0 Å². The lowest BCUT2D eigenvalue weighted by Crippen LogP contribution is -3.05. The number of nitrogens with two attached hydrogens (primary N) is 1. The molecule has 0 saturated carbocycles. The summed E-state index contributed by atoms with van der Waals surface area (Å²) < 4.78 is 6.78. The van der Waals surface area contributed by atoms with Crippen molar-refractivity contribution in [1.82, 2.24) is 28.9 Å². The van der Waals surface area contributed by atoms with Gasteiger partial charge in [-0.3, -0.25) is 24.5 Å². The highest BCUT2D eigenvalue weighted by atomic mass is 16.5. The van der Waals surface area contributed by atoms with Gasteiger partial charge in [0.1, 0.15) is 6.54 Å². The average Bonchev–Trinajstić information content (AvgIpc) is 1.67. The number of aldehydes is 1. The van der Waals surface area contributed by atoms with Crippen LogP contribution in [0.25, 0.3) is 22.3 Å². The number of hydrogen-bond acceptors (Lipinski definition) is 16. The summed E-state index contributed by atoms with van der Waals surface area (Å²) >= 11 is 0. The van der Waals surface area contributed by atoms with Crippen LogP contribution in [0, 0.1) is 35.5 Å². The lowest BCUT2D eigenvalue weighted by molar-refractivity contribution is -0.826. The Morgan fingerprint density at radius 2 is 1.12 bits per heavy atom. The van der Waals surface area contributed by atoms with E-state index in [1.807, 2.05) is 65.8 Å². The average molecular weight is 2000 g/mol. The van der Waals surface area contributed by atoms with Gasteiger partial charge in [-0.2, -0.15) is 0 Å². The Morgan fingerprint density at radius 3 is 1.64 bits per heavy atom. The molecule has 4 rings (SSSR count). The van der Waals surface area contributed by atoms with Gasteiger partial charge < -0.3 is 107 Å². The first-order chi connectivity index (χ1) is 68.1. The molecule has 143 heavy (non-hydrogen) atoms. The number of hydrogen-bond donors (Lipinski definition) is 15. The molecule has 4 aromatic heterocycles. The van der Waals surface area contributed by atoms with E-state index in [0.717, 1.165) is 131 Å². The van der Waals surface area contributed by atoms with Crippen LogP contribution >= 0.6 is 0 Å². The number of carbonyl (C=O) groups is 4. The number of aryl methyl sites for hydroxylation is 1. The number of nitrogens with zero attached hydrogens (tertiary/aromatic N) is 4. The molecule has 808 valence electrons.